The topological polar surface area (TPSA) is 3.24 Å². The zero-order valence-corrected chi connectivity index (χ0v) is 30.3. The summed E-state index contributed by atoms with van der Waals surface area (Å²) < 4.78 is 0. The van der Waals surface area contributed by atoms with Crippen LogP contribution in [-0.4, -0.2) is 7.05 Å². The van der Waals surface area contributed by atoms with Crippen molar-refractivity contribution in [3.8, 4) is 11.1 Å². The third kappa shape index (κ3) is 8.60. The monoisotopic (exact) mass is 605 g/mol. The number of nitrogens with zero attached hydrogens (tertiary/aromatic N) is 1. The van der Waals surface area contributed by atoms with E-state index in [2.05, 4.69) is 132 Å². The molecule has 1 heteroatoms. The minimum atomic E-state index is 0.121. The lowest BCUT2D eigenvalue weighted by Gasteiger charge is -2.35. The van der Waals surface area contributed by atoms with Crippen molar-refractivity contribution in [3.05, 3.63) is 101 Å². The highest BCUT2D eigenvalue weighted by atomic mass is 15.1. The molecular formula is C44H63N. The quantitative estimate of drug-likeness (QED) is 0.147. The van der Waals surface area contributed by atoms with Gasteiger partial charge in [0.25, 0.3) is 0 Å². The van der Waals surface area contributed by atoms with Gasteiger partial charge in [-0.15, -0.1) is 0 Å². The zero-order valence-electron chi connectivity index (χ0n) is 30.3. The van der Waals surface area contributed by atoms with Crippen molar-refractivity contribution in [2.24, 2.45) is 0 Å². The molecule has 1 aliphatic rings. The van der Waals surface area contributed by atoms with E-state index in [4.69, 9.17) is 0 Å². The van der Waals surface area contributed by atoms with Gasteiger partial charge in [0.05, 0.1) is 0 Å². The molecule has 0 aromatic heterocycles. The van der Waals surface area contributed by atoms with Gasteiger partial charge in [-0.3, -0.25) is 0 Å². The van der Waals surface area contributed by atoms with Crippen LogP contribution in [0.25, 0.3) is 16.7 Å². The van der Waals surface area contributed by atoms with E-state index in [0.29, 0.717) is 5.92 Å². The lowest BCUT2D eigenvalue weighted by Crippen LogP contribution is -2.27. The summed E-state index contributed by atoms with van der Waals surface area (Å²) in [6.45, 7) is 17.8. The number of hydrogen-bond acceptors (Lipinski definition) is 1. The summed E-state index contributed by atoms with van der Waals surface area (Å²) in [7, 11) is 2.23. The normalized spacial score (nSPS) is 14.3. The van der Waals surface area contributed by atoms with Crippen LogP contribution in [-0.2, 0) is 5.41 Å². The van der Waals surface area contributed by atoms with Crippen LogP contribution >= 0.6 is 0 Å². The number of benzene rings is 3. The van der Waals surface area contributed by atoms with Crippen LogP contribution < -0.4 is 4.90 Å². The van der Waals surface area contributed by atoms with Crippen LogP contribution in [0, 0.1) is 0 Å². The van der Waals surface area contributed by atoms with Crippen LogP contribution in [0.4, 0.5) is 11.4 Å². The van der Waals surface area contributed by atoms with E-state index >= 15 is 0 Å². The molecule has 0 saturated carbocycles. The summed E-state index contributed by atoms with van der Waals surface area (Å²) in [4.78, 5) is 2.37. The van der Waals surface area contributed by atoms with E-state index in [9.17, 15) is 0 Å². The van der Waals surface area contributed by atoms with Gasteiger partial charge in [-0.05, 0) is 102 Å². The Kier molecular flexibility index (Phi) is 14.7. The van der Waals surface area contributed by atoms with Gasteiger partial charge in [-0.1, -0.05) is 148 Å². The molecule has 0 fully saturated rings. The van der Waals surface area contributed by atoms with E-state index < -0.39 is 0 Å². The summed E-state index contributed by atoms with van der Waals surface area (Å²) >= 11 is 0. The molecule has 0 aliphatic heterocycles. The predicted molar refractivity (Wildman–Crippen MR) is 203 cm³/mol. The molecule has 244 valence electrons. The van der Waals surface area contributed by atoms with Gasteiger partial charge in [-0.25, -0.2) is 0 Å². The third-order valence-corrected chi connectivity index (χ3v) is 10.2. The fraction of sp³-hybridized carbons (Fsp3) is 0.500. The molecule has 3 aromatic rings. The first kappa shape index (κ1) is 36.4. The van der Waals surface area contributed by atoms with Gasteiger partial charge in [0.15, 0.2) is 0 Å². The molecule has 4 rings (SSSR count). The average molecular weight is 606 g/mol. The molecule has 0 N–H and O–H groups in total. The Bertz CT molecular complexity index is 1340. The smallest absolute Gasteiger partial charge is 0.0411 e. The Morgan fingerprint density at radius 1 is 0.711 bits per heavy atom. The zero-order chi connectivity index (χ0) is 32.8. The molecule has 0 heterocycles. The number of unbranched alkanes of at least 4 members (excludes halogenated alkanes) is 6. The first-order valence-corrected chi connectivity index (χ1v) is 18.3. The fourth-order valence-corrected chi connectivity index (χ4v) is 7.20. The first-order chi connectivity index (χ1) is 21.9. The van der Waals surface area contributed by atoms with Crippen molar-refractivity contribution < 1.29 is 0 Å². The van der Waals surface area contributed by atoms with E-state index in [1.54, 1.807) is 11.1 Å². The van der Waals surface area contributed by atoms with Crippen LogP contribution in [0.2, 0.25) is 0 Å². The lowest BCUT2D eigenvalue weighted by molar-refractivity contribution is 0.398. The fourth-order valence-electron chi connectivity index (χ4n) is 7.20. The maximum Gasteiger partial charge on any atom is 0.0411 e. The number of allylic oxidation sites excluding steroid dienone is 4. The molecule has 1 unspecified atom stereocenters. The summed E-state index contributed by atoms with van der Waals surface area (Å²) in [5.74, 6) is 0.608. The molecule has 1 nitrogen and oxygen atoms in total. The third-order valence-electron chi connectivity index (χ3n) is 10.2. The highest BCUT2D eigenvalue weighted by molar-refractivity contribution is 5.83. The van der Waals surface area contributed by atoms with Crippen molar-refractivity contribution >= 4 is 16.9 Å². The molecule has 0 bridgehead atoms. The Balaban J connectivity index is 0.00000271. The first-order valence-electron chi connectivity index (χ1n) is 18.3. The van der Waals surface area contributed by atoms with Crippen molar-refractivity contribution in [2.75, 3.05) is 11.9 Å². The molecule has 1 atom stereocenters. The maximum absolute atomic E-state index is 2.54. The summed E-state index contributed by atoms with van der Waals surface area (Å²) in [6.07, 6.45) is 18.9. The number of hydrogen-bond donors (Lipinski definition) is 0. The molecular weight excluding hydrogens is 542 g/mol. The van der Waals surface area contributed by atoms with Crippen LogP contribution in [0.3, 0.4) is 0 Å². The van der Waals surface area contributed by atoms with Crippen molar-refractivity contribution in [1.29, 1.82) is 0 Å². The van der Waals surface area contributed by atoms with Gasteiger partial charge < -0.3 is 4.90 Å². The summed E-state index contributed by atoms with van der Waals surface area (Å²) in [5, 5.41) is 0. The minimum absolute atomic E-state index is 0.121. The second kappa shape index (κ2) is 18.2. The molecule has 0 spiro atoms. The molecule has 3 aromatic carbocycles. The van der Waals surface area contributed by atoms with Crippen LogP contribution in [0.1, 0.15) is 149 Å². The Morgan fingerprint density at radius 2 is 1.24 bits per heavy atom. The Labute approximate surface area is 277 Å². The van der Waals surface area contributed by atoms with E-state index in [0.717, 1.165) is 0 Å². The number of anilines is 2. The molecule has 45 heavy (non-hydrogen) atoms. The highest BCUT2D eigenvalue weighted by Crippen LogP contribution is 2.54. The van der Waals surface area contributed by atoms with E-state index in [1.165, 1.54) is 110 Å². The largest absolute Gasteiger partial charge is 0.345 e. The van der Waals surface area contributed by atoms with E-state index in [1.807, 2.05) is 13.8 Å². The highest BCUT2D eigenvalue weighted by Gasteiger charge is 2.42. The van der Waals surface area contributed by atoms with Gasteiger partial charge in [0.1, 0.15) is 0 Å². The minimum Gasteiger partial charge on any atom is -0.345 e. The molecule has 0 saturated heterocycles. The van der Waals surface area contributed by atoms with Crippen molar-refractivity contribution in [1.82, 2.24) is 0 Å². The Morgan fingerprint density at radius 3 is 1.76 bits per heavy atom. The van der Waals surface area contributed by atoms with Crippen molar-refractivity contribution in [3.63, 3.8) is 0 Å². The number of fused-ring (bicyclic) bond motifs is 1. The van der Waals surface area contributed by atoms with Gasteiger partial charge in [0.2, 0.25) is 0 Å². The predicted octanol–water partition coefficient (Wildman–Crippen LogP) is 14.2. The average Bonchev–Trinajstić information content (AvgIpc) is 3.31. The second-order valence-electron chi connectivity index (χ2n) is 13.0. The lowest BCUT2D eigenvalue weighted by atomic mass is 9.69. The van der Waals surface area contributed by atoms with Gasteiger partial charge in [-0.2, -0.15) is 0 Å². The molecule has 1 aliphatic carbocycles. The molecule has 0 radical (unpaired) electrons. The van der Waals surface area contributed by atoms with Gasteiger partial charge in [0, 0.05) is 23.8 Å². The number of rotatable bonds is 16. The second-order valence-corrected chi connectivity index (χ2v) is 13.0. The Hall–Kier alpha value is -3.06. The summed E-state index contributed by atoms with van der Waals surface area (Å²) in [6, 6.07) is 25.5. The van der Waals surface area contributed by atoms with Crippen molar-refractivity contribution in [2.45, 2.75) is 137 Å². The van der Waals surface area contributed by atoms with Crippen LogP contribution in [0.15, 0.2) is 84.5 Å². The maximum atomic E-state index is 2.54. The molecule has 0 amide bonds. The SMILES string of the molecule is C/C=C\C1=C(C)c2ccc(N(C)c3ccc(-c4ccc(C(C)CC)cc4)cc3)cc2C1(CCCCCC)CCCCCC.CC. The van der Waals surface area contributed by atoms with E-state index in [-0.39, 0.29) is 5.41 Å². The summed E-state index contributed by atoms with van der Waals surface area (Å²) in [5.41, 5.74) is 12.7. The van der Waals surface area contributed by atoms with Gasteiger partial charge >= 0.3 is 0 Å². The standard InChI is InChI=1S/C42H57N.C2H6/c1-8-12-14-16-29-42(30-17-15-13-9-2)40(18-10-3)33(6)39-28-27-38(31-41(39)42)43(7)37-25-23-36(24-26-37)35-21-19-34(20-22-35)32(5)11-4;1-2/h10,18-28,31-32H,8-9,11-17,29-30H2,1-7H3;1-2H3/b18-10-;. The van der Waals surface area contributed by atoms with Crippen LogP contribution in [0.5, 0.6) is 0 Å².